The number of unbranched alkanes of at least 4 members (excludes halogenated alkanes) is 1. The molecular weight excluding hydrogens is 222 g/mol. The summed E-state index contributed by atoms with van der Waals surface area (Å²) in [5, 5.41) is 0. The van der Waals surface area contributed by atoms with Crippen LogP contribution in [0.25, 0.3) is 0 Å². The first-order valence-corrected chi connectivity index (χ1v) is 6.87. The van der Waals surface area contributed by atoms with E-state index in [0.29, 0.717) is 0 Å². The molecular formula is C16H29NO. The van der Waals surface area contributed by atoms with Crippen LogP contribution in [0, 0.1) is 0 Å². The van der Waals surface area contributed by atoms with Gasteiger partial charge in [-0.05, 0) is 47.0 Å². The van der Waals surface area contributed by atoms with Crippen molar-refractivity contribution in [2.24, 2.45) is 0 Å². The number of amides is 1. The smallest absolute Gasteiger partial charge is 0.220 e. The molecule has 0 aliphatic carbocycles. The highest BCUT2D eigenvalue weighted by Crippen LogP contribution is 2.15. The van der Waals surface area contributed by atoms with Gasteiger partial charge in [-0.2, -0.15) is 0 Å². The number of rotatable bonds is 6. The van der Waals surface area contributed by atoms with Crippen LogP contribution in [0.4, 0.5) is 0 Å². The molecule has 18 heavy (non-hydrogen) atoms. The van der Waals surface area contributed by atoms with E-state index in [1.807, 2.05) is 4.90 Å². The van der Waals surface area contributed by atoms with E-state index in [0.717, 1.165) is 25.8 Å². The highest BCUT2D eigenvalue weighted by molar-refractivity contribution is 5.74. The first-order valence-electron chi connectivity index (χ1n) is 6.87. The van der Waals surface area contributed by atoms with Crippen molar-refractivity contribution in [2.45, 2.75) is 66.3 Å². The maximum Gasteiger partial charge on any atom is 0.220 e. The molecule has 1 amide bonds. The largest absolute Gasteiger partial charge is 0.334 e. The minimum Gasteiger partial charge on any atom is -0.334 e. The van der Waals surface area contributed by atoms with Gasteiger partial charge in [0, 0.05) is 19.0 Å². The molecule has 0 spiro atoms. The molecule has 0 aliphatic heterocycles. The summed E-state index contributed by atoms with van der Waals surface area (Å²) in [6.07, 6.45) is 9.89. The summed E-state index contributed by atoms with van der Waals surface area (Å²) in [6, 6.07) is 0. The van der Waals surface area contributed by atoms with E-state index in [1.165, 1.54) is 5.57 Å². The quantitative estimate of drug-likeness (QED) is 0.508. The number of nitrogens with zero attached hydrogens (tertiary/aromatic N) is 1. The molecule has 0 aromatic carbocycles. The third kappa shape index (κ3) is 7.31. The lowest BCUT2D eigenvalue weighted by atomic mass is 10.0. The SMILES string of the molecule is CC/C=C\CC/C=C(\C)CN(C(C)=O)C(C)(C)C. The molecule has 0 aromatic heterocycles. The molecule has 0 aromatic rings. The van der Waals surface area contributed by atoms with Crippen LogP contribution in [-0.2, 0) is 4.79 Å². The van der Waals surface area contributed by atoms with Crippen molar-refractivity contribution >= 4 is 5.91 Å². The molecule has 0 saturated heterocycles. The zero-order chi connectivity index (χ0) is 14.2. The Hall–Kier alpha value is -1.05. The van der Waals surface area contributed by atoms with Gasteiger partial charge in [0.2, 0.25) is 5.91 Å². The highest BCUT2D eigenvalue weighted by Gasteiger charge is 2.23. The molecule has 0 heterocycles. The zero-order valence-corrected chi connectivity index (χ0v) is 12.9. The predicted octanol–water partition coefficient (Wildman–Crippen LogP) is 4.33. The fraction of sp³-hybridized carbons (Fsp3) is 0.688. The summed E-state index contributed by atoms with van der Waals surface area (Å²) in [7, 11) is 0. The summed E-state index contributed by atoms with van der Waals surface area (Å²) in [5.41, 5.74) is 1.16. The second kappa shape index (κ2) is 8.12. The highest BCUT2D eigenvalue weighted by atomic mass is 16.2. The van der Waals surface area contributed by atoms with Crippen LogP contribution in [0.1, 0.15) is 60.8 Å². The van der Waals surface area contributed by atoms with Crippen LogP contribution >= 0.6 is 0 Å². The Kier molecular flexibility index (Phi) is 7.65. The number of hydrogen-bond acceptors (Lipinski definition) is 1. The Morgan fingerprint density at radius 2 is 1.72 bits per heavy atom. The molecule has 0 unspecified atom stereocenters. The van der Waals surface area contributed by atoms with E-state index in [2.05, 4.69) is 52.8 Å². The van der Waals surface area contributed by atoms with Gasteiger partial charge in [-0.1, -0.05) is 30.7 Å². The standard InChI is InChI=1S/C16H29NO/c1-7-8-9-10-11-12-14(2)13-17(15(3)18)16(4,5)6/h8-9,12H,7,10-11,13H2,1-6H3/b9-8-,14-12+. The number of carbonyl (C=O) groups excluding carboxylic acids is 1. The maximum atomic E-state index is 11.6. The van der Waals surface area contributed by atoms with E-state index < -0.39 is 0 Å². The van der Waals surface area contributed by atoms with Crippen molar-refractivity contribution in [1.29, 1.82) is 0 Å². The Morgan fingerprint density at radius 3 is 2.17 bits per heavy atom. The van der Waals surface area contributed by atoms with Crippen molar-refractivity contribution in [3.63, 3.8) is 0 Å². The Morgan fingerprint density at radius 1 is 1.11 bits per heavy atom. The molecule has 104 valence electrons. The van der Waals surface area contributed by atoms with Crippen LogP contribution in [0.3, 0.4) is 0 Å². The van der Waals surface area contributed by atoms with Gasteiger partial charge < -0.3 is 4.90 Å². The van der Waals surface area contributed by atoms with E-state index in [9.17, 15) is 4.79 Å². The van der Waals surface area contributed by atoms with Crippen LogP contribution < -0.4 is 0 Å². The summed E-state index contributed by atoms with van der Waals surface area (Å²) in [6.45, 7) is 12.8. The number of carbonyl (C=O) groups is 1. The lowest BCUT2D eigenvalue weighted by Gasteiger charge is -2.35. The topological polar surface area (TPSA) is 20.3 Å². The van der Waals surface area contributed by atoms with Crippen LogP contribution in [0.2, 0.25) is 0 Å². The summed E-state index contributed by atoms with van der Waals surface area (Å²) >= 11 is 0. The van der Waals surface area contributed by atoms with Crippen molar-refractivity contribution in [2.75, 3.05) is 6.54 Å². The second-order valence-corrected chi connectivity index (χ2v) is 5.78. The predicted molar refractivity (Wildman–Crippen MR) is 79.6 cm³/mol. The first-order chi connectivity index (χ1) is 8.29. The molecule has 0 fully saturated rings. The number of allylic oxidation sites excluding steroid dienone is 3. The van der Waals surface area contributed by atoms with Gasteiger partial charge in [-0.3, -0.25) is 4.79 Å². The third-order valence-corrected chi connectivity index (χ3v) is 2.83. The molecule has 0 aliphatic rings. The van der Waals surface area contributed by atoms with Gasteiger partial charge in [0.1, 0.15) is 0 Å². The first kappa shape index (κ1) is 16.9. The average molecular weight is 251 g/mol. The van der Waals surface area contributed by atoms with E-state index >= 15 is 0 Å². The van der Waals surface area contributed by atoms with Crippen molar-refractivity contribution in [3.05, 3.63) is 23.8 Å². The Labute approximate surface area is 113 Å². The van der Waals surface area contributed by atoms with Gasteiger partial charge in [0.25, 0.3) is 0 Å². The van der Waals surface area contributed by atoms with Gasteiger partial charge >= 0.3 is 0 Å². The molecule has 2 nitrogen and oxygen atoms in total. The molecule has 0 atom stereocenters. The molecule has 0 bridgehead atoms. The third-order valence-electron chi connectivity index (χ3n) is 2.83. The van der Waals surface area contributed by atoms with E-state index in [-0.39, 0.29) is 11.4 Å². The monoisotopic (exact) mass is 251 g/mol. The zero-order valence-electron chi connectivity index (χ0n) is 12.9. The fourth-order valence-corrected chi connectivity index (χ4v) is 1.85. The van der Waals surface area contributed by atoms with E-state index in [1.54, 1.807) is 6.92 Å². The normalized spacial score (nSPS) is 13.1. The molecule has 2 heteroatoms. The molecule has 0 rings (SSSR count). The second-order valence-electron chi connectivity index (χ2n) is 5.78. The van der Waals surface area contributed by atoms with Gasteiger partial charge in [-0.15, -0.1) is 0 Å². The molecule has 0 saturated carbocycles. The van der Waals surface area contributed by atoms with Crippen molar-refractivity contribution in [1.82, 2.24) is 4.90 Å². The average Bonchev–Trinajstić information content (AvgIpc) is 2.23. The van der Waals surface area contributed by atoms with Crippen LogP contribution in [-0.4, -0.2) is 22.9 Å². The molecule has 0 N–H and O–H groups in total. The van der Waals surface area contributed by atoms with Crippen molar-refractivity contribution in [3.8, 4) is 0 Å². The summed E-state index contributed by atoms with van der Waals surface area (Å²) < 4.78 is 0. The van der Waals surface area contributed by atoms with Crippen LogP contribution in [0.15, 0.2) is 23.8 Å². The summed E-state index contributed by atoms with van der Waals surface area (Å²) in [4.78, 5) is 13.5. The minimum absolute atomic E-state index is 0.108. The van der Waals surface area contributed by atoms with Gasteiger partial charge in [0.05, 0.1) is 0 Å². The van der Waals surface area contributed by atoms with Crippen LogP contribution in [0.5, 0.6) is 0 Å². The summed E-state index contributed by atoms with van der Waals surface area (Å²) in [5.74, 6) is 0.140. The van der Waals surface area contributed by atoms with E-state index in [4.69, 9.17) is 0 Å². The lowest BCUT2D eigenvalue weighted by Crippen LogP contribution is -2.45. The lowest BCUT2D eigenvalue weighted by molar-refractivity contribution is -0.132. The maximum absolute atomic E-state index is 11.6. The minimum atomic E-state index is -0.108. The Balaban J connectivity index is 4.34. The molecule has 0 radical (unpaired) electrons. The van der Waals surface area contributed by atoms with Gasteiger partial charge in [-0.25, -0.2) is 0 Å². The number of hydrogen-bond donors (Lipinski definition) is 0. The fourth-order valence-electron chi connectivity index (χ4n) is 1.85. The van der Waals surface area contributed by atoms with Crippen molar-refractivity contribution < 1.29 is 4.79 Å². The van der Waals surface area contributed by atoms with Gasteiger partial charge in [0.15, 0.2) is 0 Å². The Bertz CT molecular complexity index is 308.